The van der Waals surface area contributed by atoms with E-state index in [1.54, 1.807) is 12.1 Å². The van der Waals surface area contributed by atoms with Crippen molar-refractivity contribution in [1.29, 1.82) is 0 Å². The number of halogens is 4. The van der Waals surface area contributed by atoms with Gasteiger partial charge in [-0.05, 0) is 72.0 Å². The van der Waals surface area contributed by atoms with E-state index < -0.39 is 12.4 Å². The van der Waals surface area contributed by atoms with Gasteiger partial charge in [-0.2, -0.15) is 4.99 Å². The standard InChI is InChI=1S/C31H28F4N6O2S/c1-20(2)26-18-23(32)8-13-27(26)40-16-3-17-44-30(40)38-29(42)36-15-14-21-4-6-22(7-5-21)28-37-19-41(39-28)24-9-11-25(12-10-24)43-31(33,34)35/h4-15,18-20H,3,16-17H2,1-2H3,(H,36,42)/b15-14+,38-30-. The van der Waals surface area contributed by atoms with Gasteiger partial charge in [0.15, 0.2) is 11.0 Å². The minimum Gasteiger partial charge on any atom is -0.406 e. The maximum absolute atomic E-state index is 13.9. The molecular weight excluding hydrogens is 596 g/mol. The average Bonchev–Trinajstić information content (AvgIpc) is 3.48. The molecular formula is C31H28F4N6O2S. The largest absolute Gasteiger partial charge is 0.573 e. The van der Waals surface area contributed by atoms with Gasteiger partial charge < -0.3 is 15.0 Å². The molecule has 13 heteroatoms. The van der Waals surface area contributed by atoms with Gasteiger partial charge in [-0.25, -0.2) is 18.9 Å². The molecule has 3 aromatic carbocycles. The Morgan fingerprint density at radius 1 is 1.09 bits per heavy atom. The van der Waals surface area contributed by atoms with Crippen LogP contribution in [0.4, 0.5) is 28.0 Å². The van der Waals surface area contributed by atoms with Gasteiger partial charge in [0.05, 0.1) is 5.69 Å². The number of carbonyl (C=O) groups is 1. The van der Waals surface area contributed by atoms with Crippen LogP contribution in [0.15, 0.2) is 84.2 Å². The second-order valence-corrected chi connectivity index (χ2v) is 11.1. The summed E-state index contributed by atoms with van der Waals surface area (Å²) in [5, 5.41) is 7.64. The van der Waals surface area contributed by atoms with Crippen molar-refractivity contribution in [3.8, 4) is 22.8 Å². The molecule has 228 valence electrons. The summed E-state index contributed by atoms with van der Waals surface area (Å²) in [7, 11) is 0. The van der Waals surface area contributed by atoms with Crippen LogP contribution in [0.3, 0.4) is 0 Å². The van der Waals surface area contributed by atoms with Crippen molar-refractivity contribution in [1.82, 2.24) is 20.1 Å². The molecule has 0 spiro atoms. The van der Waals surface area contributed by atoms with Crippen LogP contribution in [0.1, 0.15) is 37.3 Å². The van der Waals surface area contributed by atoms with E-state index in [9.17, 15) is 22.4 Å². The molecule has 1 fully saturated rings. The molecule has 0 saturated carbocycles. The maximum Gasteiger partial charge on any atom is 0.573 e. The number of carbonyl (C=O) groups excluding carboxylic acids is 1. The molecule has 44 heavy (non-hydrogen) atoms. The van der Waals surface area contributed by atoms with E-state index in [0.29, 0.717) is 23.2 Å². The lowest BCUT2D eigenvalue weighted by molar-refractivity contribution is -0.274. The summed E-state index contributed by atoms with van der Waals surface area (Å²) in [5.41, 5.74) is 3.76. The summed E-state index contributed by atoms with van der Waals surface area (Å²) < 4.78 is 56.4. The molecule has 1 saturated heterocycles. The predicted molar refractivity (Wildman–Crippen MR) is 163 cm³/mol. The average molecular weight is 625 g/mol. The van der Waals surface area contributed by atoms with Crippen LogP contribution in [-0.4, -0.2) is 44.6 Å². The summed E-state index contributed by atoms with van der Waals surface area (Å²) in [6.07, 6.45) is 0.853. The molecule has 4 aromatic rings. The third-order valence-electron chi connectivity index (χ3n) is 6.57. The third kappa shape index (κ3) is 7.84. The van der Waals surface area contributed by atoms with E-state index in [1.807, 2.05) is 43.0 Å². The number of aliphatic imine (C=N–C) groups is 1. The smallest absolute Gasteiger partial charge is 0.406 e. The molecule has 1 N–H and O–H groups in total. The Morgan fingerprint density at radius 3 is 2.55 bits per heavy atom. The maximum atomic E-state index is 13.9. The number of nitrogens with zero attached hydrogens (tertiary/aromatic N) is 5. The Bertz CT molecular complexity index is 1670. The van der Waals surface area contributed by atoms with Crippen molar-refractivity contribution in [2.45, 2.75) is 32.5 Å². The van der Waals surface area contributed by atoms with Gasteiger partial charge in [0.1, 0.15) is 17.9 Å². The highest BCUT2D eigenvalue weighted by atomic mass is 32.2. The molecule has 5 rings (SSSR count). The first-order valence-electron chi connectivity index (χ1n) is 13.7. The molecule has 1 aromatic heterocycles. The van der Waals surface area contributed by atoms with E-state index in [1.165, 1.54) is 65.4 Å². The number of alkyl halides is 3. The summed E-state index contributed by atoms with van der Waals surface area (Å²) in [6, 6.07) is 16.8. The van der Waals surface area contributed by atoms with Crippen molar-refractivity contribution in [2.24, 2.45) is 4.99 Å². The summed E-state index contributed by atoms with van der Waals surface area (Å²) in [4.78, 5) is 23.2. The summed E-state index contributed by atoms with van der Waals surface area (Å²) >= 11 is 1.49. The number of benzene rings is 3. The third-order valence-corrected chi connectivity index (χ3v) is 7.63. The van der Waals surface area contributed by atoms with E-state index in [4.69, 9.17) is 0 Å². The second kappa shape index (κ2) is 13.3. The number of amides is 2. The molecule has 0 atom stereocenters. The van der Waals surface area contributed by atoms with Crippen LogP contribution in [0, 0.1) is 5.82 Å². The molecule has 2 heterocycles. The van der Waals surface area contributed by atoms with Gasteiger partial charge in [-0.3, -0.25) is 0 Å². The molecule has 2 amide bonds. The van der Waals surface area contributed by atoms with Crippen LogP contribution in [0.2, 0.25) is 0 Å². The van der Waals surface area contributed by atoms with Crippen molar-refractivity contribution in [3.05, 3.63) is 96.2 Å². The lowest BCUT2D eigenvalue weighted by Gasteiger charge is -2.31. The number of anilines is 1. The molecule has 1 aliphatic heterocycles. The number of hydrogen-bond donors (Lipinski definition) is 1. The van der Waals surface area contributed by atoms with E-state index in [0.717, 1.165) is 34.6 Å². The number of ether oxygens (including phenoxy) is 1. The van der Waals surface area contributed by atoms with Crippen LogP contribution in [0.5, 0.6) is 5.75 Å². The van der Waals surface area contributed by atoms with Gasteiger partial charge in [-0.1, -0.05) is 49.9 Å². The van der Waals surface area contributed by atoms with Gasteiger partial charge in [0, 0.05) is 29.7 Å². The van der Waals surface area contributed by atoms with Gasteiger partial charge in [0.25, 0.3) is 0 Å². The van der Waals surface area contributed by atoms with Crippen LogP contribution >= 0.6 is 11.8 Å². The fraction of sp³-hybridized carbons (Fsp3) is 0.226. The quantitative estimate of drug-likeness (QED) is 0.212. The zero-order chi connectivity index (χ0) is 31.3. The topological polar surface area (TPSA) is 84.6 Å². The summed E-state index contributed by atoms with van der Waals surface area (Å²) in [6.45, 7) is 4.69. The van der Waals surface area contributed by atoms with Crippen LogP contribution < -0.4 is 15.0 Å². The number of amidine groups is 1. The van der Waals surface area contributed by atoms with Crippen LogP contribution in [-0.2, 0) is 0 Å². The number of hydrogen-bond acceptors (Lipinski definition) is 5. The summed E-state index contributed by atoms with van der Waals surface area (Å²) in [5.74, 6) is 0.741. The number of thioether (sulfide) groups is 1. The number of aromatic nitrogens is 3. The predicted octanol–water partition coefficient (Wildman–Crippen LogP) is 7.78. The van der Waals surface area contributed by atoms with Gasteiger partial charge in [-0.15, -0.1) is 18.3 Å². The highest BCUT2D eigenvalue weighted by Crippen LogP contribution is 2.33. The number of nitrogens with one attached hydrogen (secondary N) is 1. The SMILES string of the molecule is CC(C)c1cc(F)ccc1N1CCCS/C1=N\C(=O)N/C=C/c1ccc(-c2ncn(-c3ccc(OC(F)(F)F)cc3)n2)cc1. The highest BCUT2D eigenvalue weighted by Gasteiger charge is 2.31. The Labute approximate surface area is 255 Å². The van der Waals surface area contributed by atoms with E-state index in [2.05, 4.69) is 25.1 Å². The van der Waals surface area contributed by atoms with Crippen LogP contribution in [0.25, 0.3) is 23.2 Å². The second-order valence-electron chi connectivity index (χ2n) is 10.1. The fourth-order valence-electron chi connectivity index (χ4n) is 4.50. The molecule has 0 bridgehead atoms. The lowest BCUT2D eigenvalue weighted by atomic mass is 10.00. The molecule has 1 aliphatic rings. The van der Waals surface area contributed by atoms with Gasteiger partial charge in [0.2, 0.25) is 0 Å². The van der Waals surface area contributed by atoms with Crippen molar-refractivity contribution < 1.29 is 27.1 Å². The minimum atomic E-state index is -4.76. The number of rotatable bonds is 7. The number of urea groups is 1. The Morgan fingerprint density at radius 2 is 1.84 bits per heavy atom. The van der Waals surface area contributed by atoms with Gasteiger partial charge >= 0.3 is 12.4 Å². The zero-order valence-electron chi connectivity index (χ0n) is 23.8. The first-order valence-corrected chi connectivity index (χ1v) is 14.7. The molecule has 8 nitrogen and oxygen atoms in total. The first kappa shape index (κ1) is 30.8. The monoisotopic (exact) mass is 624 g/mol. The Balaban J connectivity index is 1.21. The zero-order valence-corrected chi connectivity index (χ0v) is 24.6. The van der Waals surface area contributed by atoms with E-state index in [-0.39, 0.29) is 17.5 Å². The molecule has 0 radical (unpaired) electrons. The fourth-order valence-corrected chi connectivity index (χ4v) is 5.45. The van der Waals surface area contributed by atoms with Crippen molar-refractivity contribution in [2.75, 3.05) is 17.2 Å². The van der Waals surface area contributed by atoms with E-state index >= 15 is 0 Å². The first-order chi connectivity index (χ1) is 21.1. The van der Waals surface area contributed by atoms with Crippen molar-refractivity contribution >= 4 is 34.7 Å². The highest BCUT2D eigenvalue weighted by molar-refractivity contribution is 8.14. The lowest BCUT2D eigenvalue weighted by Crippen LogP contribution is -2.36. The van der Waals surface area contributed by atoms with Crippen molar-refractivity contribution in [3.63, 3.8) is 0 Å². The normalized spacial score (nSPS) is 14.9. The molecule has 0 aliphatic carbocycles. The molecule has 0 unspecified atom stereocenters. The Kier molecular flexibility index (Phi) is 9.33. The minimum absolute atomic E-state index is 0.103. The Hall–Kier alpha value is -4.65.